The number of carbonyl (C=O) groups excluding carboxylic acids is 2. The highest BCUT2D eigenvalue weighted by Gasteiger charge is 2.24. The highest BCUT2D eigenvalue weighted by Crippen LogP contribution is 2.28. The molecule has 0 aromatic heterocycles. The Bertz CT molecular complexity index is 828. The van der Waals surface area contributed by atoms with E-state index >= 15 is 0 Å². The summed E-state index contributed by atoms with van der Waals surface area (Å²) in [6.45, 7) is 12.3. The van der Waals surface area contributed by atoms with Gasteiger partial charge in [-0.1, -0.05) is 46.8 Å². The quantitative estimate of drug-likeness (QED) is 0.619. The van der Waals surface area contributed by atoms with Gasteiger partial charge in [0.25, 0.3) is 11.8 Å². The molecular formula is C25H35FN2O2. The maximum absolute atomic E-state index is 14.3. The second kappa shape index (κ2) is 12.8. The van der Waals surface area contributed by atoms with Gasteiger partial charge in [0.05, 0.1) is 0 Å². The van der Waals surface area contributed by atoms with Crippen LogP contribution in [-0.4, -0.2) is 24.4 Å². The Balaban J connectivity index is 0.00000106. The number of halogens is 1. The molecular weight excluding hydrogens is 379 g/mol. The van der Waals surface area contributed by atoms with Gasteiger partial charge in [-0.3, -0.25) is 9.59 Å². The number of amides is 2. The zero-order valence-electron chi connectivity index (χ0n) is 19.1. The lowest BCUT2D eigenvalue weighted by atomic mass is 9.96. The van der Waals surface area contributed by atoms with Crippen molar-refractivity contribution in [3.05, 3.63) is 58.9 Å². The summed E-state index contributed by atoms with van der Waals surface area (Å²) in [5.74, 6) is -0.782. The predicted molar refractivity (Wildman–Crippen MR) is 122 cm³/mol. The van der Waals surface area contributed by atoms with Crippen LogP contribution in [0, 0.1) is 12.7 Å². The first kappa shape index (κ1) is 25.3. The van der Waals surface area contributed by atoms with Crippen molar-refractivity contribution in [1.29, 1.82) is 0 Å². The van der Waals surface area contributed by atoms with Crippen molar-refractivity contribution >= 4 is 11.8 Å². The topological polar surface area (TPSA) is 58.2 Å². The van der Waals surface area contributed by atoms with Crippen LogP contribution >= 0.6 is 0 Å². The number of hydrogen-bond acceptors (Lipinski definition) is 2. The summed E-state index contributed by atoms with van der Waals surface area (Å²) < 4.78 is 14.3. The Morgan fingerprint density at radius 2 is 1.57 bits per heavy atom. The molecule has 2 aromatic carbocycles. The number of nitrogens with one attached hydrogen (secondary N) is 2. The first-order valence-corrected chi connectivity index (χ1v) is 11.0. The largest absolute Gasteiger partial charge is 0.352 e. The normalized spacial score (nSPS) is 12.0. The number of rotatable bonds is 6. The molecule has 2 amide bonds. The van der Waals surface area contributed by atoms with Gasteiger partial charge in [-0.2, -0.15) is 0 Å². The zero-order chi connectivity index (χ0) is 22.7. The average Bonchev–Trinajstić information content (AvgIpc) is 3.60. The van der Waals surface area contributed by atoms with E-state index in [0.717, 1.165) is 24.8 Å². The molecule has 0 radical (unpaired) electrons. The maximum atomic E-state index is 14.3. The minimum Gasteiger partial charge on any atom is -0.352 e. The SMILES string of the molecule is CC.CC.CCCNC(=O)c1ccc(-c2cc(C(=O)NC3CC3)cc(F)c2C)cc1. The van der Waals surface area contributed by atoms with Gasteiger partial charge in [0.2, 0.25) is 0 Å². The molecule has 1 aliphatic rings. The van der Waals surface area contributed by atoms with Gasteiger partial charge >= 0.3 is 0 Å². The number of hydrogen-bond donors (Lipinski definition) is 2. The molecule has 0 atom stereocenters. The van der Waals surface area contributed by atoms with Crippen LogP contribution in [0.15, 0.2) is 36.4 Å². The molecule has 0 unspecified atom stereocenters. The van der Waals surface area contributed by atoms with E-state index in [0.29, 0.717) is 28.8 Å². The fraction of sp³-hybridized carbons (Fsp3) is 0.440. The van der Waals surface area contributed by atoms with E-state index in [9.17, 15) is 14.0 Å². The molecule has 4 nitrogen and oxygen atoms in total. The van der Waals surface area contributed by atoms with Crippen molar-refractivity contribution in [2.45, 2.75) is 66.8 Å². The second-order valence-electron chi connectivity index (χ2n) is 6.71. The van der Waals surface area contributed by atoms with Gasteiger partial charge in [0.15, 0.2) is 0 Å². The molecule has 164 valence electrons. The summed E-state index contributed by atoms with van der Waals surface area (Å²) in [6.07, 6.45) is 2.83. The van der Waals surface area contributed by atoms with Crippen molar-refractivity contribution in [3.63, 3.8) is 0 Å². The van der Waals surface area contributed by atoms with Gasteiger partial charge in [0, 0.05) is 23.7 Å². The third-order valence-corrected chi connectivity index (χ3v) is 4.51. The third kappa shape index (κ3) is 6.97. The van der Waals surface area contributed by atoms with Gasteiger partial charge in [-0.25, -0.2) is 4.39 Å². The molecule has 1 saturated carbocycles. The van der Waals surface area contributed by atoms with E-state index in [2.05, 4.69) is 10.6 Å². The third-order valence-electron chi connectivity index (χ3n) is 4.51. The van der Waals surface area contributed by atoms with Crippen molar-refractivity contribution in [3.8, 4) is 11.1 Å². The minimum absolute atomic E-state index is 0.126. The summed E-state index contributed by atoms with van der Waals surface area (Å²) in [4.78, 5) is 24.3. The molecule has 3 rings (SSSR count). The Morgan fingerprint density at radius 1 is 0.967 bits per heavy atom. The van der Waals surface area contributed by atoms with Crippen LogP contribution < -0.4 is 10.6 Å². The molecule has 5 heteroatoms. The molecule has 0 saturated heterocycles. The van der Waals surface area contributed by atoms with Crippen molar-refractivity contribution < 1.29 is 14.0 Å². The first-order valence-electron chi connectivity index (χ1n) is 11.0. The monoisotopic (exact) mass is 414 g/mol. The molecule has 2 aromatic rings. The van der Waals surface area contributed by atoms with Crippen molar-refractivity contribution in [2.24, 2.45) is 0 Å². The van der Waals surface area contributed by atoms with Crippen LogP contribution in [0.2, 0.25) is 0 Å². The maximum Gasteiger partial charge on any atom is 0.251 e. The van der Waals surface area contributed by atoms with E-state index in [4.69, 9.17) is 0 Å². The van der Waals surface area contributed by atoms with Crippen LogP contribution in [0.25, 0.3) is 11.1 Å². The molecule has 0 heterocycles. The summed E-state index contributed by atoms with van der Waals surface area (Å²) in [5.41, 5.74) is 2.79. The van der Waals surface area contributed by atoms with E-state index in [1.165, 1.54) is 6.07 Å². The van der Waals surface area contributed by atoms with Crippen LogP contribution in [-0.2, 0) is 0 Å². The summed E-state index contributed by atoms with van der Waals surface area (Å²) in [5, 5.41) is 5.71. The van der Waals surface area contributed by atoms with E-state index in [1.54, 1.807) is 37.3 Å². The molecule has 1 fully saturated rings. The number of carbonyl (C=O) groups is 2. The molecule has 30 heavy (non-hydrogen) atoms. The fourth-order valence-electron chi connectivity index (χ4n) is 2.75. The van der Waals surface area contributed by atoms with Crippen molar-refractivity contribution in [1.82, 2.24) is 10.6 Å². The number of benzene rings is 2. The lowest BCUT2D eigenvalue weighted by molar-refractivity contribution is 0.0944. The van der Waals surface area contributed by atoms with Crippen LogP contribution in [0.3, 0.4) is 0 Å². The summed E-state index contributed by atoms with van der Waals surface area (Å²) in [7, 11) is 0. The fourth-order valence-corrected chi connectivity index (χ4v) is 2.75. The molecule has 0 bridgehead atoms. The second-order valence-corrected chi connectivity index (χ2v) is 6.71. The van der Waals surface area contributed by atoms with Crippen LogP contribution in [0.5, 0.6) is 0 Å². The van der Waals surface area contributed by atoms with Gasteiger partial charge in [-0.05, 0) is 67.1 Å². The summed E-state index contributed by atoms with van der Waals surface area (Å²) in [6, 6.07) is 10.2. The Morgan fingerprint density at radius 3 is 2.10 bits per heavy atom. The van der Waals surface area contributed by atoms with Crippen LogP contribution in [0.4, 0.5) is 4.39 Å². The minimum atomic E-state index is -0.409. The predicted octanol–water partition coefficient (Wildman–Crippen LogP) is 5.89. The van der Waals surface area contributed by atoms with E-state index in [1.807, 2.05) is 34.6 Å². The van der Waals surface area contributed by atoms with Gasteiger partial charge < -0.3 is 10.6 Å². The first-order chi connectivity index (χ1) is 14.5. The zero-order valence-corrected chi connectivity index (χ0v) is 19.1. The van der Waals surface area contributed by atoms with Crippen LogP contribution in [0.1, 0.15) is 80.2 Å². The standard InChI is InChI=1S/C21H23FN2O2.2C2H6/c1-3-10-23-20(25)15-6-4-14(5-7-15)18-11-16(12-19(22)13(18)2)21(26)24-17-8-9-17;2*1-2/h4-7,11-12,17H,3,8-10H2,1-2H3,(H,23,25)(H,24,26);2*1-2H3. The lowest BCUT2D eigenvalue weighted by Gasteiger charge is -2.12. The lowest BCUT2D eigenvalue weighted by Crippen LogP contribution is -2.25. The van der Waals surface area contributed by atoms with E-state index < -0.39 is 5.82 Å². The van der Waals surface area contributed by atoms with Gasteiger partial charge in [-0.15, -0.1) is 0 Å². The Labute approximate surface area is 180 Å². The highest BCUT2D eigenvalue weighted by molar-refractivity contribution is 5.97. The summed E-state index contributed by atoms with van der Waals surface area (Å²) >= 11 is 0. The molecule has 0 aliphatic heterocycles. The van der Waals surface area contributed by atoms with Gasteiger partial charge in [0.1, 0.15) is 5.82 Å². The van der Waals surface area contributed by atoms with Crippen molar-refractivity contribution in [2.75, 3.05) is 6.54 Å². The molecule has 2 N–H and O–H groups in total. The Hall–Kier alpha value is -2.69. The molecule has 0 spiro atoms. The smallest absolute Gasteiger partial charge is 0.251 e. The van der Waals surface area contributed by atoms with E-state index in [-0.39, 0.29) is 17.9 Å². The average molecular weight is 415 g/mol. The Kier molecular flexibility index (Phi) is 10.8. The highest BCUT2D eigenvalue weighted by atomic mass is 19.1. The molecule has 1 aliphatic carbocycles.